The quantitative estimate of drug-likeness (QED) is 0.643. The van der Waals surface area contributed by atoms with Crippen LogP contribution in [0.15, 0.2) is 18.8 Å². The van der Waals surface area contributed by atoms with Crippen molar-refractivity contribution >= 4 is 17.0 Å². The van der Waals surface area contributed by atoms with Crippen molar-refractivity contribution in [3.05, 3.63) is 30.2 Å². The summed E-state index contributed by atoms with van der Waals surface area (Å²) in [5, 5.41) is 13.5. The van der Waals surface area contributed by atoms with E-state index in [1.807, 2.05) is 31.9 Å². The Labute approximate surface area is 176 Å². The van der Waals surface area contributed by atoms with Gasteiger partial charge in [-0.25, -0.2) is 9.36 Å². The van der Waals surface area contributed by atoms with Crippen molar-refractivity contribution in [1.29, 1.82) is 0 Å². The van der Waals surface area contributed by atoms with Crippen molar-refractivity contribution in [2.24, 2.45) is 7.05 Å². The summed E-state index contributed by atoms with van der Waals surface area (Å²) in [5.74, 6) is 0.713. The lowest BCUT2D eigenvalue weighted by atomic mass is 10.1. The maximum absolute atomic E-state index is 6.10. The smallest absolute Gasteiger partial charge is 0.221 e. The Morgan fingerprint density at radius 3 is 2.93 bits per heavy atom. The maximum atomic E-state index is 6.10. The summed E-state index contributed by atoms with van der Waals surface area (Å²) >= 11 is 0. The second kappa shape index (κ2) is 8.57. The van der Waals surface area contributed by atoms with Gasteiger partial charge in [-0.1, -0.05) is 6.58 Å². The molecule has 1 aliphatic rings. The normalized spacial score (nSPS) is 17.9. The van der Waals surface area contributed by atoms with Gasteiger partial charge in [0.15, 0.2) is 6.23 Å². The Morgan fingerprint density at radius 1 is 1.40 bits per heavy atom. The van der Waals surface area contributed by atoms with Gasteiger partial charge >= 0.3 is 0 Å². The zero-order chi connectivity index (χ0) is 21.3. The first kappa shape index (κ1) is 20.6. The summed E-state index contributed by atoms with van der Waals surface area (Å²) < 4.78 is 15.8. The number of likely N-dealkylation sites (N-methyl/N-ethyl adjacent to an activating group) is 1. The number of nitrogens with zero attached hydrogens (tertiary/aromatic N) is 5. The number of aromatic nitrogens is 5. The standard InChI is InChI=1S/C22H30N6O2/c1-6-17-16-11-18(21-15(3)25-27(5)22(21)30-13-14(2)23-4)24-12-19(16)28(26-17)20-9-7-8-10-29-20/h6,11-12,14,20,23H,1,7-10,13H2,2-5H3/t14-,20?/m1/s1. The molecule has 0 aromatic carbocycles. The van der Waals surface area contributed by atoms with E-state index in [0.29, 0.717) is 12.5 Å². The number of ether oxygens (including phenoxy) is 2. The lowest BCUT2D eigenvalue weighted by Crippen LogP contribution is -2.28. The van der Waals surface area contributed by atoms with E-state index in [1.54, 1.807) is 10.8 Å². The molecule has 1 unspecified atom stereocenters. The van der Waals surface area contributed by atoms with Crippen LogP contribution >= 0.6 is 0 Å². The monoisotopic (exact) mass is 410 g/mol. The minimum atomic E-state index is -0.0512. The molecule has 8 heteroatoms. The van der Waals surface area contributed by atoms with E-state index in [-0.39, 0.29) is 12.3 Å². The van der Waals surface area contributed by atoms with Crippen LogP contribution in [0.25, 0.3) is 28.2 Å². The van der Waals surface area contributed by atoms with Gasteiger partial charge in [0.2, 0.25) is 5.88 Å². The zero-order valence-electron chi connectivity index (χ0n) is 18.2. The summed E-state index contributed by atoms with van der Waals surface area (Å²) in [5.41, 5.74) is 4.37. The van der Waals surface area contributed by atoms with Crippen molar-refractivity contribution in [3.8, 4) is 17.1 Å². The predicted octanol–water partition coefficient (Wildman–Crippen LogP) is 3.47. The lowest BCUT2D eigenvalue weighted by Gasteiger charge is -2.23. The highest BCUT2D eigenvalue weighted by molar-refractivity contribution is 5.90. The van der Waals surface area contributed by atoms with Gasteiger partial charge in [0.25, 0.3) is 0 Å². The molecule has 1 saturated heterocycles. The lowest BCUT2D eigenvalue weighted by molar-refractivity contribution is -0.0367. The highest BCUT2D eigenvalue weighted by atomic mass is 16.5. The summed E-state index contributed by atoms with van der Waals surface area (Å²) in [6, 6.07) is 2.28. The van der Waals surface area contributed by atoms with Gasteiger partial charge in [-0.15, -0.1) is 0 Å². The van der Waals surface area contributed by atoms with Crippen LogP contribution in [0.2, 0.25) is 0 Å². The van der Waals surface area contributed by atoms with Crippen LogP contribution < -0.4 is 10.1 Å². The van der Waals surface area contributed by atoms with Gasteiger partial charge in [-0.05, 0) is 52.3 Å². The van der Waals surface area contributed by atoms with E-state index in [9.17, 15) is 0 Å². The molecule has 3 aromatic heterocycles. The molecule has 4 rings (SSSR count). The molecule has 1 aliphatic heterocycles. The van der Waals surface area contributed by atoms with E-state index in [1.165, 1.54) is 0 Å². The van der Waals surface area contributed by atoms with Crippen LogP contribution in [0, 0.1) is 6.92 Å². The second-order valence-electron chi connectivity index (χ2n) is 7.83. The van der Waals surface area contributed by atoms with Gasteiger partial charge in [0.05, 0.1) is 34.4 Å². The Bertz CT molecular complexity index is 1050. The van der Waals surface area contributed by atoms with Crippen LogP contribution in [0.5, 0.6) is 5.88 Å². The third kappa shape index (κ3) is 3.73. The van der Waals surface area contributed by atoms with Crippen LogP contribution in [-0.2, 0) is 11.8 Å². The molecule has 3 aromatic rings. The molecule has 30 heavy (non-hydrogen) atoms. The number of pyridine rings is 1. The molecular formula is C22H30N6O2. The summed E-state index contributed by atoms with van der Waals surface area (Å²) in [4.78, 5) is 4.76. The van der Waals surface area contributed by atoms with Gasteiger partial charge in [-0.3, -0.25) is 4.98 Å². The highest BCUT2D eigenvalue weighted by Gasteiger charge is 2.23. The molecule has 2 atom stereocenters. The molecule has 0 spiro atoms. The van der Waals surface area contributed by atoms with Crippen molar-refractivity contribution in [2.75, 3.05) is 20.3 Å². The topological polar surface area (TPSA) is 79.0 Å². The van der Waals surface area contributed by atoms with E-state index in [2.05, 4.69) is 30.0 Å². The van der Waals surface area contributed by atoms with Crippen molar-refractivity contribution in [1.82, 2.24) is 29.9 Å². The summed E-state index contributed by atoms with van der Waals surface area (Å²) in [6.45, 7) is 9.31. The van der Waals surface area contributed by atoms with Crippen molar-refractivity contribution in [2.45, 2.75) is 45.4 Å². The molecule has 1 N–H and O–H groups in total. The fraction of sp³-hybridized carbons (Fsp3) is 0.500. The van der Waals surface area contributed by atoms with E-state index in [0.717, 1.165) is 59.4 Å². The molecule has 0 saturated carbocycles. The molecule has 1 fully saturated rings. The summed E-state index contributed by atoms with van der Waals surface area (Å²) in [7, 11) is 3.81. The number of hydrogen-bond acceptors (Lipinski definition) is 6. The largest absolute Gasteiger partial charge is 0.476 e. The third-order valence-electron chi connectivity index (χ3n) is 5.63. The van der Waals surface area contributed by atoms with Crippen LogP contribution in [0.4, 0.5) is 0 Å². The Balaban J connectivity index is 1.76. The average molecular weight is 411 g/mol. The molecule has 4 heterocycles. The van der Waals surface area contributed by atoms with Crippen molar-refractivity contribution < 1.29 is 9.47 Å². The number of nitrogens with one attached hydrogen (secondary N) is 1. The number of hydrogen-bond donors (Lipinski definition) is 1. The zero-order valence-corrected chi connectivity index (χ0v) is 18.2. The van der Waals surface area contributed by atoms with Crippen LogP contribution in [0.1, 0.15) is 43.8 Å². The molecular weight excluding hydrogens is 380 g/mol. The van der Waals surface area contributed by atoms with Crippen molar-refractivity contribution in [3.63, 3.8) is 0 Å². The molecule has 160 valence electrons. The highest BCUT2D eigenvalue weighted by Crippen LogP contribution is 2.35. The fourth-order valence-corrected chi connectivity index (χ4v) is 3.87. The molecule has 8 nitrogen and oxygen atoms in total. The molecule has 0 bridgehead atoms. The molecule has 0 aliphatic carbocycles. The minimum absolute atomic E-state index is 0.0512. The van der Waals surface area contributed by atoms with E-state index >= 15 is 0 Å². The average Bonchev–Trinajstić information content (AvgIpc) is 3.28. The Kier molecular flexibility index (Phi) is 5.87. The van der Waals surface area contributed by atoms with E-state index < -0.39 is 0 Å². The fourth-order valence-electron chi connectivity index (χ4n) is 3.87. The minimum Gasteiger partial charge on any atom is -0.476 e. The second-order valence-corrected chi connectivity index (χ2v) is 7.83. The SMILES string of the molecule is C=Cc1nn(C2CCCCO2)c2cnc(-c3c(C)nn(C)c3OC[C@@H](C)NC)cc12. The third-order valence-corrected chi connectivity index (χ3v) is 5.63. The number of fused-ring (bicyclic) bond motifs is 1. The van der Waals surface area contributed by atoms with Gasteiger partial charge in [0.1, 0.15) is 6.61 Å². The molecule has 0 amide bonds. The Morgan fingerprint density at radius 2 is 2.23 bits per heavy atom. The summed E-state index contributed by atoms with van der Waals surface area (Å²) in [6.07, 6.45) is 6.80. The van der Waals surface area contributed by atoms with Crippen LogP contribution in [0.3, 0.4) is 0 Å². The van der Waals surface area contributed by atoms with Gasteiger partial charge < -0.3 is 14.8 Å². The van der Waals surface area contributed by atoms with Gasteiger partial charge in [-0.2, -0.15) is 10.2 Å². The Hall–Kier alpha value is -2.71. The first-order valence-corrected chi connectivity index (χ1v) is 10.5. The van der Waals surface area contributed by atoms with Crippen LogP contribution in [-0.4, -0.2) is 50.8 Å². The number of rotatable bonds is 7. The maximum Gasteiger partial charge on any atom is 0.221 e. The van der Waals surface area contributed by atoms with E-state index in [4.69, 9.17) is 19.6 Å². The number of aryl methyl sites for hydroxylation is 2. The predicted molar refractivity (Wildman–Crippen MR) is 117 cm³/mol. The first-order chi connectivity index (χ1) is 14.5. The van der Waals surface area contributed by atoms with Gasteiger partial charge in [0, 0.05) is 25.1 Å². The first-order valence-electron chi connectivity index (χ1n) is 10.5. The molecule has 0 radical (unpaired) electrons.